The van der Waals surface area contributed by atoms with Gasteiger partial charge in [0.15, 0.2) is 5.96 Å². The summed E-state index contributed by atoms with van der Waals surface area (Å²) >= 11 is 3.21. The number of hydrogen-bond donors (Lipinski definition) is 2. The Hall–Kier alpha value is -1.23. The van der Waals surface area contributed by atoms with E-state index in [1.54, 1.807) is 18.5 Å². The van der Waals surface area contributed by atoms with E-state index >= 15 is 0 Å². The highest BCUT2D eigenvalue weighted by atomic mass is 127. The molecule has 144 valence electrons. The van der Waals surface area contributed by atoms with Crippen molar-refractivity contribution in [2.75, 3.05) is 19.6 Å². The van der Waals surface area contributed by atoms with Crippen LogP contribution < -0.4 is 10.6 Å². The standard InChI is InChI=1S/C17H24BrFN6.HI/c1-3-16-24-23-12-25(16)10-9-22-17(20-4-2)21-8-7-13-5-6-15(19)14(18)11-13;/h5-6,11-12H,3-4,7-10H2,1-2H3,(H2,20,21,22);1H. The van der Waals surface area contributed by atoms with Gasteiger partial charge < -0.3 is 15.2 Å². The highest BCUT2D eigenvalue weighted by molar-refractivity contribution is 14.0. The van der Waals surface area contributed by atoms with Gasteiger partial charge in [-0.3, -0.25) is 4.99 Å². The lowest BCUT2D eigenvalue weighted by atomic mass is 10.1. The second-order valence-corrected chi connectivity index (χ2v) is 6.33. The van der Waals surface area contributed by atoms with Gasteiger partial charge in [0.2, 0.25) is 0 Å². The minimum absolute atomic E-state index is 0. The molecule has 0 unspecified atom stereocenters. The van der Waals surface area contributed by atoms with Crippen LogP contribution in [0.15, 0.2) is 34.0 Å². The van der Waals surface area contributed by atoms with Gasteiger partial charge in [-0.05, 0) is 47.0 Å². The van der Waals surface area contributed by atoms with Crippen LogP contribution in [0.1, 0.15) is 25.2 Å². The number of nitrogens with one attached hydrogen (secondary N) is 2. The van der Waals surface area contributed by atoms with Crippen LogP contribution in [0.4, 0.5) is 4.39 Å². The van der Waals surface area contributed by atoms with Crippen LogP contribution in [0, 0.1) is 5.82 Å². The second kappa shape index (κ2) is 12.2. The predicted molar refractivity (Wildman–Crippen MR) is 117 cm³/mol. The van der Waals surface area contributed by atoms with Gasteiger partial charge in [0, 0.05) is 32.6 Å². The molecule has 0 saturated heterocycles. The summed E-state index contributed by atoms with van der Waals surface area (Å²) < 4.78 is 15.8. The number of benzene rings is 1. The van der Waals surface area contributed by atoms with E-state index in [0.717, 1.165) is 49.8 Å². The average molecular weight is 539 g/mol. The first-order valence-corrected chi connectivity index (χ1v) is 9.26. The third-order valence-electron chi connectivity index (χ3n) is 3.66. The molecule has 0 aliphatic rings. The first-order chi connectivity index (χ1) is 12.1. The minimum atomic E-state index is -0.248. The fourth-order valence-electron chi connectivity index (χ4n) is 2.37. The van der Waals surface area contributed by atoms with Gasteiger partial charge in [0.25, 0.3) is 0 Å². The summed E-state index contributed by atoms with van der Waals surface area (Å²) in [6.07, 6.45) is 3.36. The van der Waals surface area contributed by atoms with Crippen molar-refractivity contribution >= 4 is 45.9 Å². The molecule has 0 aliphatic heterocycles. The van der Waals surface area contributed by atoms with Crippen molar-refractivity contribution < 1.29 is 4.39 Å². The third kappa shape index (κ3) is 7.18. The summed E-state index contributed by atoms with van der Waals surface area (Å²) in [6, 6.07) is 5.05. The van der Waals surface area contributed by atoms with Crippen LogP contribution in [0.25, 0.3) is 0 Å². The van der Waals surface area contributed by atoms with Crippen LogP contribution in [-0.4, -0.2) is 40.4 Å². The Kier molecular flexibility index (Phi) is 10.7. The minimum Gasteiger partial charge on any atom is -0.357 e. The quantitative estimate of drug-likeness (QED) is 0.308. The molecule has 0 atom stereocenters. The molecule has 0 amide bonds. The van der Waals surface area contributed by atoms with E-state index in [2.05, 4.69) is 48.7 Å². The number of aliphatic imine (C=N–C) groups is 1. The molecule has 1 heterocycles. The molecule has 2 rings (SSSR count). The lowest BCUT2D eigenvalue weighted by Gasteiger charge is -2.12. The maximum Gasteiger partial charge on any atom is 0.191 e. The molecular weight excluding hydrogens is 514 g/mol. The Balaban J connectivity index is 0.00000338. The molecule has 9 heteroatoms. The zero-order valence-corrected chi connectivity index (χ0v) is 18.9. The van der Waals surface area contributed by atoms with Crippen LogP contribution >= 0.6 is 39.9 Å². The van der Waals surface area contributed by atoms with Crippen molar-refractivity contribution in [2.45, 2.75) is 33.2 Å². The smallest absolute Gasteiger partial charge is 0.191 e. The van der Waals surface area contributed by atoms with Crippen LogP contribution in [0.5, 0.6) is 0 Å². The zero-order chi connectivity index (χ0) is 18.1. The first kappa shape index (κ1) is 22.8. The summed E-state index contributed by atoms with van der Waals surface area (Å²) in [5.74, 6) is 1.50. The predicted octanol–water partition coefficient (Wildman–Crippen LogP) is 3.16. The lowest BCUT2D eigenvalue weighted by molar-refractivity contribution is 0.620. The van der Waals surface area contributed by atoms with E-state index in [4.69, 9.17) is 0 Å². The molecule has 0 saturated carbocycles. The maximum absolute atomic E-state index is 13.3. The monoisotopic (exact) mass is 538 g/mol. The van der Waals surface area contributed by atoms with Gasteiger partial charge in [-0.1, -0.05) is 13.0 Å². The largest absolute Gasteiger partial charge is 0.357 e. The zero-order valence-electron chi connectivity index (χ0n) is 15.0. The number of nitrogens with zero attached hydrogens (tertiary/aromatic N) is 4. The fraction of sp³-hybridized carbons (Fsp3) is 0.471. The van der Waals surface area contributed by atoms with E-state index in [9.17, 15) is 4.39 Å². The van der Waals surface area contributed by atoms with Gasteiger partial charge in [-0.15, -0.1) is 34.2 Å². The molecule has 2 aromatic rings. The molecule has 0 aliphatic carbocycles. The van der Waals surface area contributed by atoms with Crippen LogP contribution in [0.3, 0.4) is 0 Å². The van der Waals surface area contributed by atoms with Gasteiger partial charge in [-0.25, -0.2) is 4.39 Å². The molecule has 0 fully saturated rings. The Morgan fingerprint density at radius 2 is 2.12 bits per heavy atom. The van der Waals surface area contributed by atoms with Crippen molar-refractivity contribution in [1.29, 1.82) is 0 Å². The number of aromatic nitrogens is 3. The summed E-state index contributed by atoms with van der Waals surface area (Å²) in [5.41, 5.74) is 1.05. The van der Waals surface area contributed by atoms with E-state index in [0.29, 0.717) is 11.0 Å². The average Bonchev–Trinajstić information content (AvgIpc) is 3.05. The maximum atomic E-state index is 13.3. The highest BCUT2D eigenvalue weighted by Crippen LogP contribution is 2.17. The Morgan fingerprint density at radius 1 is 1.31 bits per heavy atom. The molecule has 6 nitrogen and oxygen atoms in total. The van der Waals surface area contributed by atoms with Gasteiger partial charge in [0.05, 0.1) is 4.47 Å². The molecule has 0 radical (unpaired) electrons. The molecule has 0 bridgehead atoms. The van der Waals surface area contributed by atoms with E-state index in [-0.39, 0.29) is 29.8 Å². The number of guanidine groups is 1. The molecule has 0 spiro atoms. The number of aryl methyl sites for hydroxylation is 1. The normalized spacial score (nSPS) is 11.2. The molecule has 1 aromatic heterocycles. The lowest BCUT2D eigenvalue weighted by Crippen LogP contribution is -2.39. The van der Waals surface area contributed by atoms with E-state index in [1.807, 2.05) is 11.5 Å². The van der Waals surface area contributed by atoms with Crippen molar-refractivity contribution in [1.82, 2.24) is 25.4 Å². The summed E-state index contributed by atoms with van der Waals surface area (Å²) in [4.78, 5) is 4.57. The third-order valence-corrected chi connectivity index (χ3v) is 4.26. The van der Waals surface area contributed by atoms with E-state index in [1.165, 1.54) is 6.07 Å². The van der Waals surface area contributed by atoms with Gasteiger partial charge >= 0.3 is 0 Å². The number of halogens is 3. The van der Waals surface area contributed by atoms with Crippen LogP contribution in [0.2, 0.25) is 0 Å². The van der Waals surface area contributed by atoms with Crippen molar-refractivity contribution in [2.24, 2.45) is 4.99 Å². The van der Waals surface area contributed by atoms with Gasteiger partial charge in [-0.2, -0.15) is 0 Å². The molecule has 2 N–H and O–H groups in total. The van der Waals surface area contributed by atoms with Crippen molar-refractivity contribution in [3.05, 3.63) is 46.2 Å². The topological polar surface area (TPSA) is 67.1 Å². The highest BCUT2D eigenvalue weighted by Gasteiger charge is 2.03. The molecular formula is C17H25BrFIN6. The number of rotatable bonds is 8. The summed E-state index contributed by atoms with van der Waals surface area (Å²) in [7, 11) is 0. The fourth-order valence-corrected chi connectivity index (χ4v) is 2.79. The van der Waals surface area contributed by atoms with Crippen LogP contribution in [-0.2, 0) is 19.4 Å². The van der Waals surface area contributed by atoms with Crippen molar-refractivity contribution in [3.8, 4) is 0 Å². The first-order valence-electron chi connectivity index (χ1n) is 8.46. The Labute approximate surface area is 179 Å². The van der Waals surface area contributed by atoms with Crippen molar-refractivity contribution in [3.63, 3.8) is 0 Å². The molecule has 1 aromatic carbocycles. The second-order valence-electron chi connectivity index (χ2n) is 5.48. The Morgan fingerprint density at radius 3 is 2.81 bits per heavy atom. The van der Waals surface area contributed by atoms with Gasteiger partial charge in [0.1, 0.15) is 18.0 Å². The Bertz CT molecular complexity index is 706. The summed E-state index contributed by atoms with van der Waals surface area (Å²) in [5, 5.41) is 14.5. The number of hydrogen-bond acceptors (Lipinski definition) is 3. The molecule has 26 heavy (non-hydrogen) atoms. The summed E-state index contributed by atoms with van der Waals surface area (Å²) in [6.45, 7) is 7.03. The van der Waals surface area contributed by atoms with E-state index < -0.39 is 0 Å². The SMILES string of the molecule is CCNC(=NCCc1ccc(F)c(Br)c1)NCCn1cnnc1CC.I.